The lowest BCUT2D eigenvalue weighted by atomic mass is 9.95. The Morgan fingerprint density at radius 2 is 1.13 bits per heavy atom. The summed E-state index contributed by atoms with van der Waals surface area (Å²) in [6.45, 7) is -0.215. The molecule has 2 aliphatic rings. The van der Waals surface area contributed by atoms with Crippen LogP contribution in [0, 0.1) is 0 Å². The van der Waals surface area contributed by atoms with Gasteiger partial charge in [0.05, 0.1) is 14.2 Å². The van der Waals surface area contributed by atoms with Gasteiger partial charge in [-0.1, -0.05) is 62.8 Å². The molecule has 10 heteroatoms. The summed E-state index contributed by atoms with van der Waals surface area (Å²) in [6.07, 6.45) is 18.0. The topological polar surface area (TPSA) is 132 Å². The Bertz CT molecular complexity index is 1450. The molecule has 2 amide bonds. The molecular weight excluding hydrogens is 600 g/mol. The Kier molecular flexibility index (Phi) is 13.8. The second kappa shape index (κ2) is 18.4. The van der Waals surface area contributed by atoms with Gasteiger partial charge in [-0.15, -0.1) is 0 Å². The third kappa shape index (κ3) is 11.9. The van der Waals surface area contributed by atoms with Gasteiger partial charge in [0.25, 0.3) is 11.8 Å². The Hall–Kier alpha value is -4.73. The Balaban J connectivity index is 1.26. The smallest absolute Gasteiger partial charge is 0.258 e. The number of amides is 2. The largest absolute Gasteiger partial charge is 0.508 e. The van der Waals surface area contributed by atoms with Crippen LogP contribution >= 0.6 is 0 Å². The van der Waals surface area contributed by atoms with Crippen LogP contribution < -0.4 is 29.6 Å². The standard InChI is InChI=1S/C37H46N2O8/c1-44-34-21-26(15-19-32(34)46-24-36(42)38-28-9-5-3-6-10-28)13-17-30(40)23-31(41)18-14-27-16-20-33(35(22-27)45-2)47-25-37(43)39-29-11-7-4-8-12-29/h13-23,28-29,40H,3-12,24-25H2,1-2H3,(H,38,42)(H,39,43)/b17-13+,18-14+,30-23?. The first-order valence-electron chi connectivity index (χ1n) is 16.3. The zero-order chi connectivity index (χ0) is 33.4. The predicted molar refractivity (Wildman–Crippen MR) is 181 cm³/mol. The van der Waals surface area contributed by atoms with E-state index in [9.17, 15) is 19.5 Å². The van der Waals surface area contributed by atoms with Crippen molar-refractivity contribution >= 4 is 29.7 Å². The fourth-order valence-corrected chi connectivity index (χ4v) is 5.74. The minimum atomic E-state index is -0.418. The van der Waals surface area contributed by atoms with Crippen LogP contribution in [0.1, 0.15) is 75.3 Å². The molecule has 2 aromatic carbocycles. The number of ether oxygens (including phenoxy) is 4. The number of aliphatic hydroxyl groups is 1. The van der Waals surface area contributed by atoms with Crippen LogP contribution in [0.3, 0.4) is 0 Å². The Morgan fingerprint density at radius 3 is 1.57 bits per heavy atom. The van der Waals surface area contributed by atoms with Gasteiger partial charge in [-0.05, 0) is 73.2 Å². The van der Waals surface area contributed by atoms with Gasteiger partial charge in [-0.25, -0.2) is 0 Å². The van der Waals surface area contributed by atoms with Crippen molar-refractivity contribution in [2.45, 2.75) is 76.3 Å². The van der Waals surface area contributed by atoms with Gasteiger partial charge in [-0.2, -0.15) is 0 Å². The van der Waals surface area contributed by atoms with E-state index in [4.69, 9.17) is 18.9 Å². The molecule has 0 saturated heterocycles. The van der Waals surface area contributed by atoms with E-state index in [0.29, 0.717) is 34.1 Å². The molecule has 0 unspecified atom stereocenters. The average molecular weight is 647 g/mol. The summed E-state index contributed by atoms with van der Waals surface area (Å²) in [7, 11) is 3.01. The number of carbonyl (C=O) groups excluding carboxylic acids is 3. The Labute approximate surface area is 276 Å². The van der Waals surface area contributed by atoms with Crippen LogP contribution in [-0.2, 0) is 14.4 Å². The van der Waals surface area contributed by atoms with Crippen LogP contribution in [0.15, 0.2) is 60.4 Å². The molecule has 2 aliphatic carbocycles. The Morgan fingerprint density at radius 1 is 0.681 bits per heavy atom. The summed E-state index contributed by atoms with van der Waals surface area (Å²) in [5.74, 6) is 0.756. The van der Waals surface area contributed by atoms with E-state index in [1.54, 1.807) is 48.6 Å². The monoisotopic (exact) mass is 646 g/mol. The van der Waals surface area contributed by atoms with Crippen molar-refractivity contribution in [3.63, 3.8) is 0 Å². The normalized spacial score (nSPS) is 16.2. The molecule has 0 aliphatic heterocycles. The minimum Gasteiger partial charge on any atom is -0.508 e. The van der Waals surface area contributed by atoms with Gasteiger partial charge in [0.2, 0.25) is 0 Å². The van der Waals surface area contributed by atoms with Crippen LogP contribution in [0.25, 0.3) is 12.2 Å². The highest BCUT2D eigenvalue weighted by Gasteiger charge is 2.18. The fraction of sp³-hybridized carbons (Fsp3) is 0.432. The number of allylic oxidation sites excluding steroid dienone is 3. The van der Waals surface area contributed by atoms with Gasteiger partial charge >= 0.3 is 0 Å². The van der Waals surface area contributed by atoms with E-state index in [0.717, 1.165) is 57.4 Å². The second-order valence-corrected chi connectivity index (χ2v) is 11.8. The highest BCUT2D eigenvalue weighted by atomic mass is 16.5. The number of nitrogens with one attached hydrogen (secondary N) is 2. The number of carbonyl (C=O) groups is 3. The number of aliphatic hydroxyl groups excluding tert-OH is 1. The van der Waals surface area contributed by atoms with Crippen molar-refractivity contribution in [1.29, 1.82) is 0 Å². The first-order chi connectivity index (χ1) is 22.8. The fourth-order valence-electron chi connectivity index (χ4n) is 5.74. The van der Waals surface area contributed by atoms with Gasteiger partial charge < -0.3 is 34.7 Å². The van der Waals surface area contributed by atoms with Gasteiger partial charge in [0.15, 0.2) is 42.0 Å². The molecule has 47 heavy (non-hydrogen) atoms. The van der Waals surface area contributed by atoms with Crippen LogP contribution in [-0.4, -0.2) is 62.2 Å². The number of benzene rings is 2. The third-order valence-electron chi connectivity index (χ3n) is 8.21. The second-order valence-electron chi connectivity index (χ2n) is 11.8. The molecule has 3 N–H and O–H groups in total. The summed E-state index contributed by atoms with van der Waals surface area (Å²) < 4.78 is 22.2. The number of hydrogen-bond donors (Lipinski definition) is 3. The summed E-state index contributed by atoms with van der Waals surface area (Å²) in [6, 6.07) is 10.7. The van der Waals surface area contributed by atoms with E-state index in [2.05, 4.69) is 10.6 Å². The molecule has 0 radical (unpaired) electrons. The number of ketones is 1. The molecule has 252 valence electrons. The van der Waals surface area contributed by atoms with E-state index >= 15 is 0 Å². The summed E-state index contributed by atoms with van der Waals surface area (Å²) in [4.78, 5) is 37.1. The minimum absolute atomic E-state index is 0.106. The summed E-state index contributed by atoms with van der Waals surface area (Å²) >= 11 is 0. The highest BCUT2D eigenvalue weighted by molar-refractivity contribution is 6.02. The number of methoxy groups -OCH3 is 2. The van der Waals surface area contributed by atoms with E-state index in [1.807, 2.05) is 0 Å². The molecule has 10 nitrogen and oxygen atoms in total. The van der Waals surface area contributed by atoms with Crippen molar-refractivity contribution in [3.8, 4) is 23.0 Å². The average Bonchev–Trinajstić information content (AvgIpc) is 3.09. The lowest BCUT2D eigenvalue weighted by molar-refractivity contribution is -0.124. The maximum atomic E-state index is 12.5. The van der Waals surface area contributed by atoms with E-state index < -0.39 is 5.78 Å². The number of rotatable bonds is 15. The van der Waals surface area contributed by atoms with Crippen LogP contribution in [0.2, 0.25) is 0 Å². The van der Waals surface area contributed by atoms with Crippen molar-refractivity contribution < 1.29 is 38.4 Å². The van der Waals surface area contributed by atoms with Gasteiger partial charge in [-0.3, -0.25) is 14.4 Å². The van der Waals surface area contributed by atoms with Crippen LogP contribution in [0.5, 0.6) is 23.0 Å². The zero-order valence-corrected chi connectivity index (χ0v) is 27.3. The molecule has 0 heterocycles. The summed E-state index contributed by atoms with van der Waals surface area (Å²) in [5.41, 5.74) is 1.38. The zero-order valence-electron chi connectivity index (χ0n) is 27.3. The highest BCUT2D eigenvalue weighted by Crippen LogP contribution is 2.30. The molecular formula is C37H46N2O8. The van der Waals surface area contributed by atoms with Crippen molar-refractivity contribution in [3.05, 3.63) is 71.5 Å². The molecule has 0 bridgehead atoms. The maximum Gasteiger partial charge on any atom is 0.258 e. The molecule has 4 rings (SSSR count). The maximum absolute atomic E-state index is 12.5. The summed E-state index contributed by atoms with van der Waals surface area (Å²) in [5, 5.41) is 16.4. The molecule has 2 saturated carbocycles. The van der Waals surface area contributed by atoms with Crippen LogP contribution in [0.4, 0.5) is 0 Å². The van der Waals surface area contributed by atoms with Gasteiger partial charge in [0.1, 0.15) is 5.76 Å². The quantitative estimate of drug-likeness (QED) is 0.120. The molecule has 0 aromatic heterocycles. The third-order valence-corrected chi connectivity index (χ3v) is 8.21. The van der Waals surface area contributed by atoms with Crippen molar-refractivity contribution in [2.24, 2.45) is 0 Å². The number of hydrogen-bond acceptors (Lipinski definition) is 8. The predicted octanol–water partition coefficient (Wildman–Crippen LogP) is 6.10. The molecule has 2 fully saturated rings. The molecule has 0 spiro atoms. The van der Waals surface area contributed by atoms with Crippen molar-refractivity contribution in [1.82, 2.24) is 10.6 Å². The lowest BCUT2D eigenvalue weighted by Gasteiger charge is -2.22. The molecule has 2 aromatic rings. The van der Waals surface area contributed by atoms with E-state index in [1.165, 1.54) is 39.2 Å². The van der Waals surface area contributed by atoms with Gasteiger partial charge in [0, 0.05) is 18.2 Å². The van der Waals surface area contributed by atoms with Crippen molar-refractivity contribution in [2.75, 3.05) is 27.4 Å². The lowest BCUT2D eigenvalue weighted by Crippen LogP contribution is -2.39. The first kappa shape index (κ1) is 35.1. The molecule has 0 atom stereocenters. The first-order valence-corrected chi connectivity index (χ1v) is 16.3. The SMILES string of the molecule is COc1cc(/C=C/C(=O)C=C(O)/C=C/c2ccc(OCC(=O)NC3CCCCC3)c(OC)c2)ccc1OCC(=O)NC1CCCCC1. The van der Waals surface area contributed by atoms with E-state index in [-0.39, 0.29) is 42.9 Å².